The lowest BCUT2D eigenvalue weighted by Crippen LogP contribution is -2.27. The topological polar surface area (TPSA) is 231 Å². The second kappa shape index (κ2) is 37.9. The van der Waals surface area contributed by atoms with Gasteiger partial charge in [-0.25, -0.2) is 4.79 Å². The van der Waals surface area contributed by atoms with Gasteiger partial charge in [0.2, 0.25) is 0 Å². The van der Waals surface area contributed by atoms with Crippen LogP contribution in [-0.2, 0) is 60.6 Å². The Balaban J connectivity index is 0.000000351. The van der Waals surface area contributed by atoms with Crippen LogP contribution in [0, 0.1) is 19.8 Å². The van der Waals surface area contributed by atoms with E-state index in [9.17, 15) is 38.4 Å². The standard InChI is InChI=1S/C17H23NO3.C15H16ClNO.C15H17NO2.C11H18O5.C6H7N/c1-4-9-15(19)12-16(17(20)21-5-2)13(3)18-14-10-7-6-8-11-14;1-3-6-11(18)9-13-10(2)17-14-8-5-4-7-12(14)15(13)16;1-3-6-11(17)9-13-10(2)16-14-8-5-4-7-12(14)15(13)18;1-4-6-16-10(13)7-9(8(3)12)11(14)15-5-2;7-6-4-2-1-3-5-6/h6-8,10-11,18H,4-5,9,12H2,1-3H3;4-5,7-8H,3,6,9H2,1-2H3;4-5,7-8H,3,6,9H2,1-2H3,(H,16,18);9H,4-7H2,1-3H3;1-5H,7H2/b16-13-;;;;. The van der Waals surface area contributed by atoms with E-state index >= 15 is 0 Å². The number of para-hydroxylation sites is 4. The van der Waals surface area contributed by atoms with Gasteiger partial charge in [-0.15, -0.1) is 0 Å². The second-order valence-corrected chi connectivity index (χ2v) is 19.0. The van der Waals surface area contributed by atoms with Gasteiger partial charge in [0.05, 0.1) is 42.4 Å². The first-order valence-corrected chi connectivity index (χ1v) is 27.7. The number of rotatable bonds is 23. The second-order valence-electron chi connectivity index (χ2n) is 18.6. The number of ether oxygens (including phenoxy) is 3. The summed E-state index contributed by atoms with van der Waals surface area (Å²) in [6.45, 7) is 18.8. The Labute approximate surface area is 476 Å². The summed E-state index contributed by atoms with van der Waals surface area (Å²) in [6, 6.07) is 34.2. The molecule has 2 aromatic heterocycles. The van der Waals surface area contributed by atoms with Crippen molar-refractivity contribution in [3.8, 4) is 0 Å². The van der Waals surface area contributed by atoms with E-state index in [1.807, 2.05) is 145 Å². The van der Waals surface area contributed by atoms with Gasteiger partial charge >= 0.3 is 17.9 Å². The summed E-state index contributed by atoms with van der Waals surface area (Å²) in [4.78, 5) is 101. The number of anilines is 2. The van der Waals surface area contributed by atoms with Gasteiger partial charge in [0.1, 0.15) is 29.1 Å². The van der Waals surface area contributed by atoms with E-state index in [1.165, 1.54) is 6.92 Å². The number of nitrogens with one attached hydrogen (secondary N) is 2. The number of hydrogen-bond acceptors (Lipinski definition) is 14. The van der Waals surface area contributed by atoms with Crippen LogP contribution < -0.4 is 16.5 Å². The molecule has 6 rings (SSSR count). The van der Waals surface area contributed by atoms with Gasteiger partial charge in [0, 0.05) is 88.8 Å². The number of aryl methyl sites for hydroxylation is 2. The lowest BCUT2D eigenvalue weighted by atomic mass is 10.0. The summed E-state index contributed by atoms with van der Waals surface area (Å²) in [5.74, 6) is -2.66. The zero-order chi connectivity index (χ0) is 59.6. The summed E-state index contributed by atoms with van der Waals surface area (Å²) >= 11 is 6.40. The predicted octanol–water partition coefficient (Wildman–Crippen LogP) is 12.9. The molecule has 16 heteroatoms. The summed E-state index contributed by atoms with van der Waals surface area (Å²) < 4.78 is 14.6. The Kier molecular flexibility index (Phi) is 32.4. The summed E-state index contributed by atoms with van der Waals surface area (Å²) in [7, 11) is 0. The SMILES string of the molecule is CCCC(=O)C/C(C(=O)OCC)=C(\C)Nc1ccccc1.CCCC(=O)Cc1c(C)[nH]c2ccccc2c1=O.CCCC(=O)Cc1c(C)nc2ccccc2c1Cl.CCCOC(=O)CC(C(C)=O)C(=O)OCC.Nc1ccccc1. The molecule has 0 aliphatic rings. The maximum atomic E-state index is 12.3. The zero-order valence-electron chi connectivity index (χ0n) is 48.3. The van der Waals surface area contributed by atoms with Crippen molar-refractivity contribution in [3.05, 3.63) is 158 Å². The molecule has 1 unspecified atom stereocenters. The number of carbonyl (C=O) groups is 7. The number of esters is 3. The molecule has 0 radical (unpaired) electrons. The van der Waals surface area contributed by atoms with Gasteiger partial charge in [-0.05, 0) is 115 Å². The molecule has 6 aromatic rings. The average Bonchev–Trinajstić information content (AvgIpc) is 3.44. The number of pyridine rings is 2. The van der Waals surface area contributed by atoms with E-state index in [0.717, 1.165) is 64.0 Å². The number of fused-ring (bicyclic) bond motifs is 2. The molecule has 1 atom stereocenters. The highest BCUT2D eigenvalue weighted by Gasteiger charge is 2.28. The van der Waals surface area contributed by atoms with Crippen LogP contribution in [0.1, 0.15) is 136 Å². The molecule has 4 aromatic carbocycles. The monoisotopic (exact) mass is 1120 g/mol. The number of aromatic nitrogens is 2. The lowest BCUT2D eigenvalue weighted by molar-refractivity contribution is -0.157. The number of nitrogens with zero attached hydrogens (tertiary/aromatic N) is 1. The highest BCUT2D eigenvalue weighted by atomic mass is 35.5. The van der Waals surface area contributed by atoms with E-state index < -0.39 is 23.8 Å². The van der Waals surface area contributed by atoms with Crippen LogP contribution >= 0.6 is 11.6 Å². The van der Waals surface area contributed by atoms with Crippen molar-refractivity contribution in [1.29, 1.82) is 0 Å². The summed E-state index contributed by atoms with van der Waals surface area (Å²) in [6.07, 6.45) is 5.27. The van der Waals surface area contributed by atoms with Crippen LogP contribution in [0.4, 0.5) is 11.4 Å². The van der Waals surface area contributed by atoms with Crippen molar-refractivity contribution in [3.63, 3.8) is 0 Å². The highest BCUT2D eigenvalue weighted by Crippen LogP contribution is 2.29. The lowest BCUT2D eigenvalue weighted by Gasteiger charge is -2.13. The Hall–Kier alpha value is -7.78. The molecule has 0 aliphatic heterocycles. The zero-order valence-corrected chi connectivity index (χ0v) is 49.0. The van der Waals surface area contributed by atoms with Crippen molar-refractivity contribution in [1.82, 2.24) is 9.97 Å². The third-order valence-corrected chi connectivity index (χ3v) is 12.3. The number of benzene rings is 4. The maximum absolute atomic E-state index is 12.3. The molecule has 80 heavy (non-hydrogen) atoms. The maximum Gasteiger partial charge on any atom is 0.336 e. The van der Waals surface area contributed by atoms with Gasteiger partial charge in [-0.2, -0.15) is 0 Å². The third kappa shape index (κ3) is 24.5. The number of nitrogen functional groups attached to an aromatic ring is 1. The number of hydrogen-bond donors (Lipinski definition) is 3. The first-order chi connectivity index (χ1) is 38.3. The van der Waals surface area contributed by atoms with Crippen LogP contribution in [0.15, 0.2) is 125 Å². The molecule has 0 spiro atoms. The molecule has 0 fully saturated rings. The molecule has 0 saturated carbocycles. The molecule has 15 nitrogen and oxygen atoms in total. The number of allylic oxidation sites excluding steroid dienone is 1. The number of halogens is 1. The fraction of sp³-hybridized carbons (Fsp3) is 0.391. The van der Waals surface area contributed by atoms with E-state index in [-0.39, 0.29) is 54.4 Å². The quantitative estimate of drug-likeness (QED) is 0.0178. The van der Waals surface area contributed by atoms with E-state index in [0.29, 0.717) is 72.6 Å². The Morgan fingerprint density at radius 1 is 0.637 bits per heavy atom. The first-order valence-electron chi connectivity index (χ1n) is 27.3. The fourth-order valence-corrected chi connectivity index (χ4v) is 8.12. The van der Waals surface area contributed by atoms with Crippen LogP contribution in [0.2, 0.25) is 5.02 Å². The molecule has 0 bridgehead atoms. The van der Waals surface area contributed by atoms with E-state index in [4.69, 9.17) is 31.5 Å². The van der Waals surface area contributed by atoms with Crippen LogP contribution in [-0.4, -0.2) is 70.8 Å². The minimum atomic E-state index is -1.04. The van der Waals surface area contributed by atoms with Crippen molar-refractivity contribution in [2.45, 2.75) is 140 Å². The smallest absolute Gasteiger partial charge is 0.336 e. The highest BCUT2D eigenvalue weighted by molar-refractivity contribution is 6.36. The van der Waals surface area contributed by atoms with Gasteiger partial charge in [0.15, 0.2) is 5.43 Å². The third-order valence-electron chi connectivity index (χ3n) is 11.8. The minimum absolute atomic E-state index is 0.0219. The van der Waals surface area contributed by atoms with Crippen molar-refractivity contribution in [2.75, 3.05) is 30.9 Å². The number of ketones is 4. The normalized spacial score (nSPS) is 11.0. The summed E-state index contributed by atoms with van der Waals surface area (Å²) in [5, 5.41) is 5.40. The molecule has 2 heterocycles. The van der Waals surface area contributed by atoms with Crippen LogP contribution in [0.25, 0.3) is 21.8 Å². The van der Waals surface area contributed by atoms with Crippen molar-refractivity contribution < 1.29 is 47.8 Å². The molecule has 0 amide bonds. The van der Waals surface area contributed by atoms with Crippen LogP contribution in [0.5, 0.6) is 0 Å². The van der Waals surface area contributed by atoms with E-state index in [2.05, 4.69) is 15.3 Å². The molecular weight excluding hydrogens is 1040 g/mol. The van der Waals surface area contributed by atoms with Gasteiger partial charge in [-0.3, -0.25) is 38.5 Å². The number of aromatic amines is 1. The Morgan fingerprint density at radius 2 is 1.16 bits per heavy atom. The van der Waals surface area contributed by atoms with Gasteiger partial charge in [-0.1, -0.05) is 106 Å². The molecule has 0 saturated heterocycles. The number of carbonyl (C=O) groups excluding carboxylic acids is 7. The molecular formula is C64H81ClN4O11. The fourth-order valence-electron chi connectivity index (χ4n) is 7.76. The number of nitrogens with two attached hydrogens (primary N) is 1. The predicted molar refractivity (Wildman–Crippen MR) is 319 cm³/mol. The molecule has 430 valence electrons. The minimum Gasteiger partial charge on any atom is -0.466 e. The first kappa shape index (κ1) is 68.3. The van der Waals surface area contributed by atoms with E-state index in [1.54, 1.807) is 26.8 Å². The van der Waals surface area contributed by atoms with Gasteiger partial charge < -0.3 is 30.2 Å². The number of Topliss-reactive ketones (excluding diaryl/α,β-unsaturated/α-hetero) is 4. The summed E-state index contributed by atoms with van der Waals surface area (Å²) in [5.41, 5.74) is 12.9. The van der Waals surface area contributed by atoms with Crippen LogP contribution in [0.3, 0.4) is 0 Å². The largest absolute Gasteiger partial charge is 0.466 e. The Bertz CT molecular complexity index is 3050. The Morgan fingerprint density at radius 3 is 1.70 bits per heavy atom. The van der Waals surface area contributed by atoms with Gasteiger partial charge in [0.25, 0.3) is 0 Å². The molecule has 4 N–H and O–H groups in total. The number of H-pyrrole nitrogens is 1. The van der Waals surface area contributed by atoms with Crippen molar-refractivity contribution >= 4 is 85.8 Å². The average molecular weight is 1120 g/mol. The van der Waals surface area contributed by atoms with Crippen molar-refractivity contribution in [2.24, 2.45) is 5.92 Å². The molecule has 0 aliphatic carbocycles.